The molecule has 1 aliphatic rings. The summed E-state index contributed by atoms with van der Waals surface area (Å²) in [7, 11) is -0.420. The molecule has 3 heterocycles. The van der Waals surface area contributed by atoms with Gasteiger partial charge in [0.1, 0.15) is 6.07 Å². The molecule has 7 rings (SSSR count). The van der Waals surface area contributed by atoms with E-state index < -0.39 is 18.3 Å². The lowest BCUT2D eigenvalue weighted by Gasteiger charge is -2.32. The fourth-order valence-electron chi connectivity index (χ4n) is 5.44. The van der Waals surface area contributed by atoms with Gasteiger partial charge in [-0.2, -0.15) is 5.26 Å². The quantitative estimate of drug-likeness (QED) is 0.246. The first-order valence-electron chi connectivity index (χ1n) is 13.4. The van der Waals surface area contributed by atoms with Crippen LogP contribution in [-0.4, -0.2) is 32.9 Å². The van der Waals surface area contributed by atoms with Crippen LogP contribution in [0.1, 0.15) is 33.4 Å². The van der Waals surface area contributed by atoms with Gasteiger partial charge >= 0.3 is 7.12 Å². The van der Waals surface area contributed by atoms with Crippen LogP contribution >= 0.6 is 0 Å². The number of nitrogens with zero attached hydrogens (tertiary/aromatic N) is 4. The number of benzene rings is 4. The van der Waals surface area contributed by atoms with Crippen LogP contribution < -0.4 is 5.46 Å². The van der Waals surface area contributed by atoms with Gasteiger partial charge in [0.05, 0.1) is 27.8 Å². The monoisotopic (exact) mass is 522 g/mol. The molecule has 0 N–H and O–H groups in total. The van der Waals surface area contributed by atoms with Crippen molar-refractivity contribution in [2.45, 2.75) is 38.9 Å². The third-order valence-electron chi connectivity index (χ3n) is 8.31. The van der Waals surface area contributed by atoms with Gasteiger partial charge in [0.2, 0.25) is 0 Å². The van der Waals surface area contributed by atoms with Gasteiger partial charge in [-0.05, 0) is 81.7 Å². The summed E-state index contributed by atoms with van der Waals surface area (Å²) in [6.07, 6.45) is 0. The van der Waals surface area contributed by atoms with Crippen LogP contribution in [-0.2, 0) is 9.31 Å². The summed E-state index contributed by atoms with van der Waals surface area (Å²) >= 11 is 0. The molecule has 194 valence electrons. The molecule has 0 saturated carbocycles. The standard InChI is InChI=1S/C33H27BN4O2/c1-32(2)33(3,4)40-34(39-32)22-15-18-30-26(19-22)24-9-6-8-12-29(24)38(30)23-16-13-21(14-17-23)31-36-27-11-7-5-10-25(27)28(20-35)37-31/h5-19H,1-4H3. The van der Waals surface area contributed by atoms with Crippen molar-refractivity contribution in [3.8, 4) is 23.1 Å². The molecule has 40 heavy (non-hydrogen) atoms. The molecule has 0 aliphatic carbocycles. The molecule has 1 fully saturated rings. The smallest absolute Gasteiger partial charge is 0.399 e. The van der Waals surface area contributed by atoms with E-state index >= 15 is 0 Å². The maximum absolute atomic E-state index is 9.66. The summed E-state index contributed by atoms with van der Waals surface area (Å²) < 4.78 is 14.9. The summed E-state index contributed by atoms with van der Waals surface area (Å²) in [6, 6.07) is 32.9. The highest BCUT2D eigenvalue weighted by Gasteiger charge is 2.51. The van der Waals surface area contributed by atoms with E-state index in [4.69, 9.17) is 14.3 Å². The summed E-state index contributed by atoms with van der Waals surface area (Å²) in [5.74, 6) is 0.538. The Morgan fingerprint density at radius 3 is 2.10 bits per heavy atom. The first-order valence-corrected chi connectivity index (χ1v) is 13.4. The van der Waals surface area contributed by atoms with Crippen LogP contribution in [0, 0.1) is 11.3 Å². The highest BCUT2D eigenvalue weighted by molar-refractivity contribution is 6.62. The first-order chi connectivity index (χ1) is 19.3. The van der Waals surface area contributed by atoms with Gasteiger partial charge < -0.3 is 13.9 Å². The highest BCUT2D eigenvalue weighted by Crippen LogP contribution is 2.37. The number of hydrogen-bond acceptors (Lipinski definition) is 5. The van der Waals surface area contributed by atoms with Crippen molar-refractivity contribution < 1.29 is 9.31 Å². The predicted octanol–water partition coefficient (Wildman–Crippen LogP) is 6.56. The van der Waals surface area contributed by atoms with E-state index in [1.807, 2.05) is 36.4 Å². The van der Waals surface area contributed by atoms with E-state index in [1.165, 1.54) is 0 Å². The van der Waals surface area contributed by atoms with Crippen LogP contribution in [0.25, 0.3) is 49.8 Å². The molecule has 1 aliphatic heterocycles. The van der Waals surface area contributed by atoms with E-state index in [9.17, 15) is 5.26 Å². The Bertz CT molecular complexity index is 1970. The number of hydrogen-bond donors (Lipinski definition) is 0. The molecular weight excluding hydrogens is 495 g/mol. The molecular formula is C33H27BN4O2. The van der Waals surface area contributed by atoms with Gasteiger partial charge in [-0.1, -0.05) is 42.5 Å². The molecule has 4 aromatic carbocycles. The fourth-order valence-corrected chi connectivity index (χ4v) is 5.44. The SMILES string of the molecule is CC1(C)OB(c2ccc3c(c2)c2ccccc2n3-c2ccc(-c3nc(C#N)c4ccccc4n3)cc2)OC1(C)C. The highest BCUT2D eigenvalue weighted by atomic mass is 16.7. The van der Waals surface area contributed by atoms with Crippen LogP contribution in [0.4, 0.5) is 0 Å². The Hall–Kier alpha value is -4.51. The number of fused-ring (bicyclic) bond motifs is 4. The van der Waals surface area contributed by atoms with Crippen molar-refractivity contribution in [3.05, 3.63) is 96.7 Å². The topological polar surface area (TPSA) is 73.0 Å². The first kappa shape index (κ1) is 24.5. The van der Waals surface area contributed by atoms with Crippen LogP contribution in [0.5, 0.6) is 0 Å². The molecule has 1 saturated heterocycles. The molecule has 0 atom stereocenters. The Morgan fingerprint density at radius 2 is 1.38 bits per heavy atom. The molecule has 6 nitrogen and oxygen atoms in total. The zero-order valence-corrected chi connectivity index (χ0v) is 22.8. The van der Waals surface area contributed by atoms with Crippen LogP contribution in [0.15, 0.2) is 91.0 Å². The second-order valence-electron chi connectivity index (χ2n) is 11.3. The van der Waals surface area contributed by atoms with Crippen LogP contribution in [0.2, 0.25) is 0 Å². The summed E-state index contributed by atoms with van der Waals surface area (Å²) in [4.78, 5) is 9.27. The number of aromatic nitrogens is 3. The summed E-state index contributed by atoms with van der Waals surface area (Å²) in [5, 5.41) is 12.7. The maximum atomic E-state index is 9.66. The molecule has 6 aromatic rings. The minimum Gasteiger partial charge on any atom is -0.399 e. The average molecular weight is 522 g/mol. The molecule has 0 unspecified atom stereocenters. The van der Waals surface area contributed by atoms with Gasteiger partial charge in [-0.15, -0.1) is 0 Å². The lowest BCUT2D eigenvalue weighted by Crippen LogP contribution is -2.41. The summed E-state index contributed by atoms with van der Waals surface area (Å²) in [6.45, 7) is 8.30. The lowest BCUT2D eigenvalue weighted by molar-refractivity contribution is 0.00578. The van der Waals surface area contributed by atoms with Gasteiger partial charge in [0, 0.05) is 27.4 Å². The zero-order chi connectivity index (χ0) is 27.6. The number of nitriles is 1. The van der Waals surface area contributed by atoms with E-state index in [2.05, 4.69) is 97.9 Å². The lowest BCUT2D eigenvalue weighted by atomic mass is 9.78. The van der Waals surface area contributed by atoms with Crippen molar-refractivity contribution in [2.75, 3.05) is 0 Å². The Labute approximate surface area is 233 Å². The second-order valence-corrected chi connectivity index (χ2v) is 11.3. The number of para-hydroxylation sites is 2. The van der Waals surface area contributed by atoms with E-state index in [1.54, 1.807) is 0 Å². The fraction of sp³-hybridized carbons (Fsp3) is 0.182. The average Bonchev–Trinajstić information content (AvgIpc) is 3.41. The minimum absolute atomic E-state index is 0.380. The second kappa shape index (κ2) is 8.75. The van der Waals surface area contributed by atoms with Gasteiger partial charge in [-0.3, -0.25) is 0 Å². The third-order valence-corrected chi connectivity index (χ3v) is 8.31. The van der Waals surface area contributed by atoms with Crippen molar-refractivity contribution in [1.29, 1.82) is 5.26 Å². The van der Waals surface area contributed by atoms with Crippen molar-refractivity contribution >= 4 is 45.3 Å². The minimum atomic E-state index is -0.420. The van der Waals surface area contributed by atoms with Crippen molar-refractivity contribution in [2.24, 2.45) is 0 Å². The van der Waals surface area contributed by atoms with Crippen molar-refractivity contribution in [1.82, 2.24) is 14.5 Å². The largest absolute Gasteiger partial charge is 0.494 e. The molecule has 0 radical (unpaired) electrons. The normalized spacial score (nSPS) is 16.1. The Balaban J connectivity index is 1.32. The molecule has 7 heteroatoms. The van der Waals surface area contributed by atoms with E-state index in [-0.39, 0.29) is 0 Å². The van der Waals surface area contributed by atoms with E-state index in [0.717, 1.165) is 49.4 Å². The maximum Gasteiger partial charge on any atom is 0.494 e. The van der Waals surface area contributed by atoms with Crippen molar-refractivity contribution in [3.63, 3.8) is 0 Å². The van der Waals surface area contributed by atoms with Gasteiger partial charge in [0.15, 0.2) is 11.5 Å². The Kier molecular flexibility index (Phi) is 5.37. The molecule has 2 aromatic heterocycles. The predicted molar refractivity (Wildman–Crippen MR) is 160 cm³/mol. The number of rotatable bonds is 3. The third kappa shape index (κ3) is 3.72. The zero-order valence-electron chi connectivity index (χ0n) is 22.8. The van der Waals surface area contributed by atoms with Crippen LogP contribution in [0.3, 0.4) is 0 Å². The van der Waals surface area contributed by atoms with Gasteiger partial charge in [0.25, 0.3) is 0 Å². The molecule has 0 bridgehead atoms. The molecule has 0 amide bonds. The summed E-state index contributed by atoms with van der Waals surface area (Å²) in [5.41, 5.74) is 5.45. The van der Waals surface area contributed by atoms with Gasteiger partial charge in [-0.25, -0.2) is 9.97 Å². The Morgan fingerprint density at radius 1 is 0.725 bits per heavy atom. The van der Waals surface area contributed by atoms with E-state index in [0.29, 0.717) is 11.5 Å². The molecule has 0 spiro atoms.